The number of para-hydroxylation sites is 1. The summed E-state index contributed by atoms with van der Waals surface area (Å²) < 4.78 is 23.8. The smallest absolute Gasteiger partial charge is 0.367 e. The van der Waals surface area contributed by atoms with Crippen molar-refractivity contribution in [1.29, 1.82) is 0 Å². The monoisotopic (exact) mass is 713 g/mol. The van der Waals surface area contributed by atoms with Crippen molar-refractivity contribution in [2.45, 2.75) is 47.1 Å². The SMILES string of the molecule is CCn1c(Cn2nc(C)n(/N=C/c3c[nH]c4ccccc34)c2=O)nn(CN2CCN(c3cc4c(cc3F)c(=O)c(C(=O)O)cn4CC)CC2)c1=S. The summed E-state index contributed by atoms with van der Waals surface area (Å²) >= 11 is 5.78. The van der Waals surface area contributed by atoms with Gasteiger partial charge in [0.15, 0.2) is 16.4 Å². The summed E-state index contributed by atoms with van der Waals surface area (Å²) in [6, 6.07) is 10.6. The second-order valence-electron chi connectivity index (χ2n) is 12.3. The number of anilines is 1. The zero-order valence-electron chi connectivity index (χ0n) is 28.3. The second kappa shape index (κ2) is 13.6. The third-order valence-corrected chi connectivity index (χ3v) is 9.71. The Bertz CT molecular complexity index is 2510. The fourth-order valence-electron chi connectivity index (χ4n) is 6.59. The summed E-state index contributed by atoms with van der Waals surface area (Å²) in [7, 11) is 0. The number of carboxylic acids is 1. The van der Waals surface area contributed by atoms with Crippen molar-refractivity contribution in [3.05, 3.63) is 103 Å². The summed E-state index contributed by atoms with van der Waals surface area (Å²) in [6.45, 7) is 9.17. The number of halogens is 1. The average molecular weight is 714 g/mol. The molecule has 0 atom stereocenters. The number of pyridine rings is 1. The summed E-state index contributed by atoms with van der Waals surface area (Å²) in [5.74, 6) is -0.910. The maximum Gasteiger partial charge on any atom is 0.367 e. The number of nitrogens with one attached hydrogen (secondary N) is 1. The molecular formula is C34H36FN11O4S. The molecule has 1 aliphatic rings. The lowest BCUT2D eigenvalue weighted by Crippen LogP contribution is -2.47. The van der Waals surface area contributed by atoms with Crippen LogP contribution in [0.2, 0.25) is 0 Å². The minimum atomic E-state index is -1.34. The van der Waals surface area contributed by atoms with Crippen molar-refractivity contribution in [1.82, 2.24) is 43.3 Å². The third kappa shape index (κ3) is 6.18. The number of aromatic amines is 1. The number of benzene rings is 2. The molecule has 51 heavy (non-hydrogen) atoms. The van der Waals surface area contributed by atoms with E-state index in [0.29, 0.717) is 73.6 Å². The lowest BCUT2D eigenvalue weighted by atomic mass is 10.1. The molecule has 0 saturated carbocycles. The van der Waals surface area contributed by atoms with Gasteiger partial charge < -0.3 is 24.1 Å². The molecule has 2 aromatic carbocycles. The van der Waals surface area contributed by atoms with Crippen molar-refractivity contribution in [3.8, 4) is 0 Å². The Kier molecular flexibility index (Phi) is 8.99. The normalized spacial score (nSPS) is 14.1. The number of carbonyl (C=O) groups is 1. The molecule has 1 saturated heterocycles. The van der Waals surface area contributed by atoms with Crippen molar-refractivity contribution >= 4 is 51.9 Å². The van der Waals surface area contributed by atoms with Gasteiger partial charge in [0.25, 0.3) is 0 Å². The summed E-state index contributed by atoms with van der Waals surface area (Å²) in [5, 5.41) is 24.1. The van der Waals surface area contributed by atoms with Crippen LogP contribution in [-0.2, 0) is 26.3 Å². The van der Waals surface area contributed by atoms with E-state index in [2.05, 4.69) is 20.1 Å². The van der Waals surface area contributed by atoms with E-state index in [0.717, 1.165) is 22.5 Å². The first-order valence-corrected chi connectivity index (χ1v) is 17.0. The van der Waals surface area contributed by atoms with E-state index in [1.165, 1.54) is 15.6 Å². The van der Waals surface area contributed by atoms with Crippen LogP contribution in [-0.4, -0.2) is 86.7 Å². The van der Waals surface area contributed by atoms with Gasteiger partial charge in [-0.25, -0.2) is 23.3 Å². The van der Waals surface area contributed by atoms with Crippen LogP contribution in [0.1, 0.15) is 41.4 Å². The minimum Gasteiger partial charge on any atom is -0.477 e. The number of aromatic nitrogens is 8. The molecule has 15 nitrogen and oxygen atoms in total. The highest BCUT2D eigenvalue weighted by molar-refractivity contribution is 7.71. The Morgan fingerprint density at radius 1 is 1.06 bits per heavy atom. The van der Waals surface area contributed by atoms with Crippen molar-refractivity contribution < 1.29 is 14.3 Å². The van der Waals surface area contributed by atoms with Crippen molar-refractivity contribution in [3.63, 3.8) is 0 Å². The Balaban J connectivity index is 1.06. The highest BCUT2D eigenvalue weighted by atomic mass is 32.1. The number of aromatic carboxylic acids is 1. The topological polar surface area (TPSA) is 156 Å². The van der Waals surface area contributed by atoms with Gasteiger partial charge in [-0.3, -0.25) is 9.69 Å². The maximum absolute atomic E-state index is 15.4. The van der Waals surface area contributed by atoms with Gasteiger partial charge in [0.05, 0.1) is 24.1 Å². The van der Waals surface area contributed by atoms with Gasteiger partial charge >= 0.3 is 11.7 Å². The first-order valence-electron chi connectivity index (χ1n) is 16.6. The largest absolute Gasteiger partial charge is 0.477 e. The molecule has 0 amide bonds. The van der Waals surface area contributed by atoms with Gasteiger partial charge in [0.2, 0.25) is 5.43 Å². The van der Waals surface area contributed by atoms with Crippen LogP contribution < -0.4 is 16.0 Å². The zero-order valence-corrected chi connectivity index (χ0v) is 29.1. The second-order valence-corrected chi connectivity index (χ2v) is 12.7. The Labute approximate surface area is 295 Å². The molecule has 7 rings (SSSR count). The van der Waals surface area contributed by atoms with Crippen LogP contribution in [0.4, 0.5) is 10.1 Å². The van der Waals surface area contributed by atoms with Crippen LogP contribution in [0, 0.1) is 17.5 Å². The number of rotatable bonds is 10. The number of H-pyrrole nitrogens is 1. The molecule has 17 heteroatoms. The van der Waals surface area contributed by atoms with Crippen LogP contribution in [0.25, 0.3) is 21.8 Å². The van der Waals surface area contributed by atoms with Crippen molar-refractivity contribution in [2.75, 3.05) is 31.1 Å². The summed E-state index contributed by atoms with van der Waals surface area (Å²) in [4.78, 5) is 45.0. The predicted octanol–water partition coefficient (Wildman–Crippen LogP) is 3.46. The molecule has 5 heterocycles. The minimum absolute atomic E-state index is 0.0377. The Hall–Kier alpha value is -5.68. The van der Waals surface area contributed by atoms with Gasteiger partial charge in [0, 0.05) is 73.5 Å². The zero-order chi connectivity index (χ0) is 36.0. The number of piperazine rings is 1. The van der Waals surface area contributed by atoms with Gasteiger partial charge in [0.1, 0.15) is 17.9 Å². The van der Waals surface area contributed by atoms with Crippen LogP contribution in [0.5, 0.6) is 0 Å². The highest BCUT2D eigenvalue weighted by Crippen LogP contribution is 2.26. The quantitative estimate of drug-likeness (QED) is 0.160. The molecule has 0 aliphatic carbocycles. The van der Waals surface area contributed by atoms with Crippen LogP contribution in [0.3, 0.4) is 0 Å². The van der Waals surface area contributed by atoms with E-state index in [1.54, 1.807) is 28.5 Å². The summed E-state index contributed by atoms with van der Waals surface area (Å²) in [6.07, 6.45) is 4.78. The molecular weight excluding hydrogens is 678 g/mol. The number of fused-ring (bicyclic) bond motifs is 2. The Morgan fingerprint density at radius 2 is 1.82 bits per heavy atom. The molecule has 0 bridgehead atoms. The third-order valence-electron chi connectivity index (χ3n) is 9.28. The first-order chi connectivity index (χ1) is 24.6. The van der Waals surface area contributed by atoms with E-state index in [-0.39, 0.29) is 17.5 Å². The molecule has 6 aromatic rings. The van der Waals surface area contributed by atoms with E-state index < -0.39 is 22.9 Å². The molecule has 1 fully saturated rings. The number of carboxylic acid groups (broad SMARTS) is 1. The lowest BCUT2D eigenvalue weighted by Gasteiger charge is -2.36. The fraction of sp³-hybridized carbons (Fsp3) is 0.324. The van der Waals surface area contributed by atoms with E-state index in [4.69, 9.17) is 17.3 Å². The van der Waals surface area contributed by atoms with Gasteiger partial charge in [-0.15, -0.1) is 0 Å². The lowest BCUT2D eigenvalue weighted by molar-refractivity contribution is 0.0694. The standard InChI is InChI=1S/C34H36FN11O4S/c1-4-41-18-25(32(48)49)31(47)24-14-26(35)29(15-28(24)41)42-12-10-40(11-13-42)20-45-34(51)43(5-2)30(39-45)19-44-33(50)46(21(3)38-44)37-17-22-16-36-27-9-7-6-8-23(22)27/h6-9,14-18,36H,4-5,10-13,19-20H2,1-3H3,(H,48,49)/b37-17+. The molecule has 0 radical (unpaired) electrons. The highest BCUT2D eigenvalue weighted by Gasteiger charge is 2.24. The fourth-order valence-corrected chi connectivity index (χ4v) is 6.92. The van der Waals surface area contributed by atoms with E-state index in [1.807, 2.05) is 53.8 Å². The molecule has 2 N–H and O–H groups in total. The number of hydrogen-bond donors (Lipinski definition) is 2. The maximum atomic E-state index is 15.4. The molecule has 264 valence electrons. The molecule has 1 aliphatic heterocycles. The average Bonchev–Trinajstić information content (AvgIpc) is 3.75. The van der Waals surface area contributed by atoms with Crippen LogP contribution >= 0.6 is 12.2 Å². The van der Waals surface area contributed by atoms with E-state index in [9.17, 15) is 19.5 Å². The number of aryl methyl sites for hydroxylation is 2. The molecule has 0 spiro atoms. The summed E-state index contributed by atoms with van der Waals surface area (Å²) in [5.41, 5.74) is 1.17. The molecule has 4 aromatic heterocycles. The first kappa shape index (κ1) is 33.8. The predicted molar refractivity (Wildman–Crippen MR) is 193 cm³/mol. The van der Waals surface area contributed by atoms with Gasteiger partial charge in [-0.05, 0) is 51.2 Å². The Morgan fingerprint density at radius 3 is 2.55 bits per heavy atom. The number of nitrogens with zero attached hydrogens (tertiary/aromatic N) is 10. The van der Waals surface area contributed by atoms with Gasteiger partial charge in [-0.2, -0.15) is 20.0 Å². The van der Waals surface area contributed by atoms with Gasteiger partial charge in [-0.1, -0.05) is 18.2 Å². The van der Waals surface area contributed by atoms with Crippen LogP contribution in [0.15, 0.2) is 63.5 Å². The molecule has 0 unspecified atom stereocenters. The van der Waals surface area contributed by atoms with Crippen molar-refractivity contribution in [2.24, 2.45) is 5.10 Å². The van der Waals surface area contributed by atoms with E-state index >= 15 is 4.39 Å². The number of hydrogen-bond acceptors (Lipinski definition) is 9.